The number of hydrogen-bond acceptors (Lipinski definition) is 4. The van der Waals surface area contributed by atoms with Crippen molar-refractivity contribution in [3.8, 4) is 0 Å². The SMILES string of the molecule is O=C(NN=Cc1ccncc1)C(=O)N1CCCC1. The van der Waals surface area contributed by atoms with Crippen LogP contribution in [0.25, 0.3) is 0 Å². The molecule has 1 saturated heterocycles. The summed E-state index contributed by atoms with van der Waals surface area (Å²) >= 11 is 0. The number of likely N-dealkylation sites (tertiary alicyclic amines) is 1. The minimum atomic E-state index is -0.692. The Hall–Kier alpha value is -2.24. The van der Waals surface area contributed by atoms with Gasteiger partial charge < -0.3 is 4.90 Å². The van der Waals surface area contributed by atoms with E-state index in [0.29, 0.717) is 13.1 Å². The minimum Gasteiger partial charge on any atom is -0.334 e. The third kappa shape index (κ3) is 3.13. The molecule has 0 aromatic carbocycles. The van der Waals surface area contributed by atoms with E-state index in [2.05, 4.69) is 15.5 Å². The summed E-state index contributed by atoms with van der Waals surface area (Å²) in [5, 5.41) is 3.73. The Kier molecular flexibility index (Phi) is 4.01. The quantitative estimate of drug-likeness (QED) is 0.458. The highest BCUT2D eigenvalue weighted by atomic mass is 16.2. The van der Waals surface area contributed by atoms with Crippen LogP contribution in [0.4, 0.5) is 0 Å². The Morgan fingerprint density at radius 2 is 1.94 bits per heavy atom. The molecule has 0 aliphatic carbocycles. The summed E-state index contributed by atoms with van der Waals surface area (Å²) in [4.78, 5) is 28.5. The number of pyridine rings is 1. The number of aromatic nitrogens is 1. The van der Waals surface area contributed by atoms with Crippen LogP contribution in [0.5, 0.6) is 0 Å². The first-order valence-electron chi connectivity index (χ1n) is 5.80. The van der Waals surface area contributed by atoms with Gasteiger partial charge in [0.25, 0.3) is 0 Å². The van der Waals surface area contributed by atoms with E-state index in [4.69, 9.17) is 0 Å². The molecule has 0 saturated carbocycles. The number of rotatable bonds is 2. The summed E-state index contributed by atoms with van der Waals surface area (Å²) in [6.07, 6.45) is 6.63. The van der Waals surface area contributed by atoms with Gasteiger partial charge in [0.1, 0.15) is 0 Å². The first-order chi connectivity index (χ1) is 8.77. The van der Waals surface area contributed by atoms with E-state index in [-0.39, 0.29) is 0 Å². The van der Waals surface area contributed by atoms with Crippen LogP contribution in [0.3, 0.4) is 0 Å². The fraction of sp³-hybridized carbons (Fsp3) is 0.333. The Morgan fingerprint density at radius 1 is 1.28 bits per heavy atom. The van der Waals surface area contributed by atoms with Crippen LogP contribution in [-0.4, -0.2) is 41.0 Å². The predicted molar refractivity (Wildman–Crippen MR) is 65.8 cm³/mol. The van der Waals surface area contributed by atoms with E-state index < -0.39 is 11.8 Å². The molecule has 2 heterocycles. The normalized spacial score (nSPS) is 15.0. The Bertz CT molecular complexity index is 452. The number of hydrazone groups is 1. The van der Waals surface area contributed by atoms with Crippen LogP contribution in [0.2, 0.25) is 0 Å². The van der Waals surface area contributed by atoms with Crippen LogP contribution in [0, 0.1) is 0 Å². The van der Waals surface area contributed by atoms with Gasteiger partial charge in [-0.3, -0.25) is 14.6 Å². The minimum absolute atomic E-state index is 0.514. The molecular weight excluding hydrogens is 232 g/mol. The Morgan fingerprint density at radius 3 is 2.61 bits per heavy atom. The number of hydrogen-bond donors (Lipinski definition) is 1. The molecular formula is C12H14N4O2. The lowest BCUT2D eigenvalue weighted by atomic mass is 10.3. The van der Waals surface area contributed by atoms with E-state index in [1.807, 2.05) is 0 Å². The molecule has 2 amide bonds. The van der Waals surface area contributed by atoms with Gasteiger partial charge in [-0.25, -0.2) is 5.43 Å². The zero-order valence-electron chi connectivity index (χ0n) is 9.87. The van der Waals surface area contributed by atoms with Gasteiger partial charge in [-0.05, 0) is 30.5 Å². The summed E-state index contributed by atoms with van der Waals surface area (Å²) in [6.45, 7) is 1.31. The van der Waals surface area contributed by atoms with Crippen molar-refractivity contribution in [2.75, 3.05) is 13.1 Å². The largest absolute Gasteiger partial charge is 0.334 e. The van der Waals surface area contributed by atoms with Gasteiger partial charge in [0.2, 0.25) is 0 Å². The van der Waals surface area contributed by atoms with Crippen LogP contribution in [-0.2, 0) is 9.59 Å². The Balaban J connectivity index is 1.84. The number of carbonyl (C=O) groups is 2. The van der Waals surface area contributed by atoms with Gasteiger partial charge in [0.15, 0.2) is 0 Å². The average Bonchev–Trinajstić information content (AvgIpc) is 2.93. The van der Waals surface area contributed by atoms with Gasteiger partial charge >= 0.3 is 11.8 Å². The second kappa shape index (κ2) is 5.90. The van der Waals surface area contributed by atoms with Gasteiger partial charge in [-0.2, -0.15) is 5.10 Å². The first kappa shape index (κ1) is 12.2. The summed E-state index contributed by atoms with van der Waals surface area (Å²) in [7, 11) is 0. The number of carbonyl (C=O) groups excluding carboxylic acids is 2. The monoisotopic (exact) mass is 246 g/mol. The van der Waals surface area contributed by atoms with Crippen molar-refractivity contribution >= 4 is 18.0 Å². The van der Waals surface area contributed by atoms with E-state index in [1.54, 1.807) is 24.5 Å². The Labute approximate surface area is 105 Å². The molecule has 1 aliphatic heterocycles. The molecule has 6 heteroatoms. The molecule has 1 aliphatic rings. The zero-order chi connectivity index (χ0) is 12.8. The standard InChI is InChI=1S/C12H14N4O2/c17-11(12(18)16-7-1-2-8-16)15-14-9-10-3-5-13-6-4-10/h3-6,9H,1-2,7-8H2,(H,15,17). The molecule has 1 N–H and O–H groups in total. The summed E-state index contributed by atoms with van der Waals surface area (Å²) in [6, 6.07) is 3.50. The van der Waals surface area contributed by atoms with Crippen molar-refractivity contribution in [2.45, 2.75) is 12.8 Å². The lowest BCUT2D eigenvalue weighted by Gasteiger charge is -2.12. The summed E-state index contributed by atoms with van der Waals surface area (Å²) in [5.41, 5.74) is 3.03. The average molecular weight is 246 g/mol. The summed E-state index contributed by atoms with van der Waals surface area (Å²) < 4.78 is 0. The van der Waals surface area contributed by atoms with E-state index in [0.717, 1.165) is 18.4 Å². The highest BCUT2D eigenvalue weighted by Crippen LogP contribution is 2.06. The van der Waals surface area contributed by atoms with Crippen LogP contribution < -0.4 is 5.43 Å². The fourth-order valence-electron chi connectivity index (χ4n) is 1.73. The molecule has 2 rings (SSSR count). The van der Waals surface area contributed by atoms with Crippen molar-refractivity contribution in [3.63, 3.8) is 0 Å². The first-order valence-corrected chi connectivity index (χ1v) is 5.80. The molecule has 6 nitrogen and oxygen atoms in total. The van der Waals surface area contributed by atoms with Crippen LogP contribution in [0.15, 0.2) is 29.6 Å². The molecule has 1 aromatic heterocycles. The second-order valence-corrected chi connectivity index (χ2v) is 3.98. The molecule has 0 unspecified atom stereocenters. The number of amides is 2. The topological polar surface area (TPSA) is 74.7 Å². The van der Waals surface area contributed by atoms with Crippen molar-refractivity contribution in [3.05, 3.63) is 30.1 Å². The lowest BCUT2D eigenvalue weighted by Crippen LogP contribution is -2.39. The smallest absolute Gasteiger partial charge is 0.329 e. The maximum Gasteiger partial charge on any atom is 0.329 e. The fourth-order valence-corrected chi connectivity index (χ4v) is 1.73. The van der Waals surface area contributed by atoms with E-state index in [9.17, 15) is 9.59 Å². The third-order valence-electron chi connectivity index (χ3n) is 2.67. The molecule has 0 radical (unpaired) electrons. The number of nitrogens with one attached hydrogen (secondary N) is 1. The highest BCUT2D eigenvalue weighted by Gasteiger charge is 2.23. The highest BCUT2D eigenvalue weighted by molar-refractivity contribution is 6.35. The molecule has 94 valence electrons. The molecule has 0 atom stereocenters. The van der Waals surface area contributed by atoms with Crippen LogP contribution >= 0.6 is 0 Å². The van der Waals surface area contributed by atoms with Crippen molar-refractivity contribution < 1.29 is 9.59 Å². The third-order valence-corrected chi connectivity index (χ3v) is 2.67. The van der Waals surface area contributed by atoms with Gasteiger partial charge in [-0.15, -0.1) is 0 Å². The summed E-state index contributed by atoms with van der Waals surface area (Å²) in [5.74, 6) is -1.21. The maximum atomic E-state index is 11.6. The van der Waals surface area contributed by atoms with Gasteiger partial charge in [0.05, 0.1) is 6.21 Å². The van der Waals surface area contributed by atoms with E-state index >= 15 is 0 Å². The molecule has 1 aromatic rings. The van der Waals surface area contributed by atoms with Crippen LogP contribution in [0.1, 0.15) is 18.4 Å². The van der Waals surface area contributed by atoms with Crippen molar-refractivity contribution in [1.82, 2.24) is 15.3 Å². The van der Waals surface area contributed by atoms with Crippen molar-refractivity contribution in [1.29, 1.82) is 0 Å². The van der Waals surface area contributed by atoms with Gasteiger partial charge in [-0.1, -0.05) is 0 Å². The van der Waals surface area contributed by atoms with E-state index in [1.165, 1.54) is 11.1 Å². The molecule has 18 heavy (non-hydrogen) atoms. The molecule has 1 fully saturated rings. The van der Waals surface area contributed by atoms with Crippen molar-refractivity contribution in [2.24, 2.45) is 5.10 Å². The second-order valence-electron chi connectivity index (χ2n) is 3.98. The lowest BCUT2D eigenvalue weighted by molar-refractivity contribution is -0.145. The predicted octanol–water partition coefficient (Wildman–Crippen LogP) is 0.154. The maximum absolute atomic E-state index is 11.6. The van der Waals surface area contributed by atoms with Gasteiger partial charge in [0, 0.05) is 25.5 Å². The zero-order valence-corrected chi connectivity index (χ0v) is 9.87. The number of nitrogens with zero attached hydrogens (tertiary/aromatic N) is 3. The molecule has 0 spiro atoms. The molecule has 0 bridgehead atoms.